The largest absolute Gasteiger partial charge is 0.492 e. The Labute approximate surface area is 146 Å². The van der Waals surface area contributed by atoms with Crippen LogP contribution < -0.4 is 15.8 Å². The molecule has 0 unspecified atom stereocenters. The second-order valence-corrected chi connectivity index (χ2v) is 5.65. The molecule has 0 aliphatic carbocycles. The predicted octanol–water partition coefficient (Wildman–Crippen LogP) is 2.02. The van der Waals surface area contributed by atoms with Crippen LogP contribution in [0.25, 0.3) is 11.3 Å². The fourth-order valence-electron chi connectivity index (χ4n) is 2.63. The fourth-order valence-corrected chi connectivity index (χ4v) is 2.63. The van der Waals surface area contributed by atoms with Crippen LogP contribution in [0.2, 0.25) is 0 Å². The number of ether oxygens (including phenoxy) is 1. The molecule has 0 radical (unpaired) electrons. The molecule has 2 aromatic heterocycles. The van der Waals surface area contributed by atoms with E-state index in [1.54, 1.807) is 21.5 Å². The average Bonchev–Trinajstić information content (AvgIpc) is 3.21. The monoisotopic (exact) mass is 339 g/mol. The van der Waals surface area contributed by atoms with Crippen LogP contribution in [-0.2, 0) is 14.1 Å². The van der Waals surface area contributed by atoms with Gasteiger partial charge in [-0.1, -0.05) is 0 Å². The SMILES string of the molecule is Cn1cccc1C(=O)Nc1ccc(OCCN)c(-c2ccnn2C)c1. The number of carbonyl (C=O) groups excluding carboxylic acids is 1. The van der Waals surface area contributed by atoms with Crippen LogP contribution in [0.4, 0.5) is 5.69 Å². The molecule has 0 fully saturated rings. The van der Waals surface area contributed by atoms with Crippen molar-refractivity contribution >= 4 is 11.6 Å². The van der Waals surface area contributed by atoms with Crippen molar-refractivity contribution < 1.29 is 9.53 Å². The Morgan fingerprint density at radius 2 is 2.12 bits per heavy atom. The van der Waals surface area contributed by atoms with Crippen molar-refractivity contribution in [3.8, 4) is 17.0 Å². The van der Waals surface area contributed by atoms with Crippen LogP contribution in [-0.4, -0.2) is 33.4 Å². The molecule has 3 aromatic rings. The van der Waals surface area contributed by atoms with Gasteiger partial charge in [-0.05, 0) is 36.4 Å². The van der Waals surface area contributed by atoms with Gasteiger partial charge in [0.2, 0.25) is 0 Å². The van der Waals surface area contributed by atoms with Gasteiger partial charge >= 0.3 is 0 Å². The number of benzene rings is 1. The maximum absolute atomic E-state index is 12.4. The highest BCUT2D eigenvalue weighted by Gasteiger charge is 2.14. The maximum atomic E-state index is 12.4. The molecule has 0 bridgehead atoms. The summed E-state index contributed by atoms with van der Waals surface area (Å²) in [5.41, 5.74) is 8.54. The molecule has 0 saturated carbocycles. The first-order valence-corrected chi connectivity index (χ1v) is 7.98. The van der Waals surface area contributed by atoms with Crippen molar-refractivity contribution in [2.24, 2.45) is 19.8 Å². The molecule has 2 heterocycles. The molecule has 0 aliphatic heterocycles. The Kier molecular flexibility index (Phi) is 4.85. The second kappa shape index (κ2) is 7.23. The van der Waals surface area contributed by atoms with Crippen LogP contribution in [0.1, 0.15) is 10.5 Å². The predicted molar refractivity (Wildman–Crippen MR) is 96.6 cm³/mol. The number of nitrogens with one attached hydrogen (secondary N) is 1. The van der Waals surface area contributed by atoms with Crippen LogP contribution in [0, 0.1) is 0 Å². The lowest BCUT2D eigenvalue weighted by Crippen LogP contribution is -2.15. The third-order valence-electron chi connectivity index (χ3n) is 3.89. The van der Waals surface area contributed by atoms with Crippen molar-refractivity contribution in [1.82, 2.24) is 14.3 Å². The van der Waals surface area contributed by atoms with Gasteiger partial charge in [0.15, 0.2) is 0 Å². The topological polar surface area (TPSA) is 87.1 Å². The van der Waals surface area contributed by atoms with E-state index in [9.17, 15) is 4.79 Å². The molecule has 3 N–H and O–H groups in total. The lowest BCUT2D eigenvalue weighted by Gasteiger charge is -2.14. The third kappa shape index (κ3) is 3.56. The van der Waals surface area contributed by atoms with Crippen LogP contribution in [0.5, 0.6) is 5.75 Å². The minimum atomic E-state index is -0.168. The number of amides is 1. The molecule has 130 valence electrons. The Balaban J connectivity index is 1.92. The normalized spacial score (nSPS) is 10.7. The van der Waals surface area contributed by atoms with Gasteiger partial charge < -0.3 is 20.4 Å². The van der Waals surface area contributed by atoms with Crippen LogP contribution in [0.15, 0.2) is 48.8 Å². The van der Waals surface area contributed by atoms with E-state index in [0.717, 1.165) is 11.3 Å². The van der Waals surface area contributed by atoms with Gasteiger partial charge in [-0.2, -0.15) is 5.10 Å². The van der Waals surface area contributed by atoms with E-state index in [2.05, 4.69) is 10.4 Å². The van der Waals surface area contributed by atoms with Crippen LogP contribution >= 0.6 is 0 Å². The van der Waals surface area contributed by atoms with Crippen LogP contribution in [0.3, 0.4) is 0 Å². The van der Waals surface area contributed by atoms with Crippen molar-refractivity contribution in [1.29, 1.82) is 0 Å². The number of hydrogen-bond donors (Lipinski definition) is 2. The summed E-state index contributed by atoms with van der Waals surface area (Å²) in [6, 6.07) is 11.0. The number of nitrogens with zero attached hydrogens (tertiary/aromatic N) is 3. The quantitative estimate of drug-likeness (QED) is 0.719. The highest BCUT2D eigenvalue weighted by atomic mass is 16.5. The fraction of sp³-hybridized carbons (Fsp3) is 0.222. The zero-order chi connectivity index (χ0) is 17.8. The number of aromatic nitrogens is 3. The number of anilines is 1. The molecule has 3 rings (SSSR count). The summed E-state index contributed by atoms with van der Waals surface area (Å²) in [6.07, 6.45) is 3.55. The summed E-state index contributed by atoms with van der Waals surface area (Å²) in [6.45, 7) is 0.844. The Bertz CT molecular complexity index is 881. The first-order valence-electron chi connectivity index (χ1n) is 7.98. The number of hydrogen-bond acceptors (Lipinski definition) is 4. The summed E-state index contributed by atoms with van der Waals surface area (Å²) in [7, 11) is 3.69. The van der Waals surface area contributed by atoms with E-state index in [-0.39, 0.29) is 5.91 Å². The maximum Gasteiger partial charge on any atom is 0.272 e. The Morgan fingerprint density at radius 1 is 1.28 bits per heavy atom. The summed E-state index contributed by atoms with van der Waals surface area (Å²) >= 11 is 0. The van der Waals surface area contributed by atoms with E-state index in [1.165, 1.54) is 0 Å². The molecule has 0 aliphatic rings. The lowest BCUT2D eigenvalue weighted by atomic mass is 10.1. The molecular weight excluding hydrogens is 318 g/mol. The summed E-state index contributed by atoms with van der Waals surface area (Å²) in [4.78, 5) is 12.4. The van der Waals surface area contributed by atoms with Gasteiger partial charge in [-0.15, -0.1) is 0 Å². The highest BCUT2D eigenvalue weighted by Crippen LogP contribution is 2.32. The Hall–Kier alpha value is -3.06. The zero-order valence-electron chi connectivity index (χ0n) is 14.3. The molecule has 7 heteroatoms. The molecule has 0 spiro atoms. The molecule has 0 saturated heterocycles. The van der Waals surface area contributed by atoms with Crippen molar-refractivity contribution in [2.45, 2.75) is 0 Å². The average molecular weight is 339 g/mol. The lowest BCUT2D eigenvalue weighted by molar-refractivity contribution is 0.101. The minimum Gasteiger partial charge on any atom is -0.492 e. The molecular formula is C18H21N5O2. The summed E-state index contributed by atoms with van der Waals surface area (Å²) in [5, 5.41) is 7.12. The molecule has 7 nitrogen and oxygen atoms in total. The van der Waals surface area contributed by atoms with Gasteiger partial charge in [0, 0.05) is 44.3 Å². The molecule has 0 atom stereocenters. The Morgan fingerprint density at radius 3 is 2.76 bits per heavy atom. The molecule has 25 heavy (non-hydrogen) atoms. The minimum absolute atomic E-state index is 0.168. The molecule has 1 aromatic carbocycles. The van der Waals surface area contributed by atoms with E-state index < -0.39 is 0 Å². The van der Waals surface area contributed by atoms with E-state index >= 15 is 0 Å². The smallest absolute Gasteiger partial charge is 0.272 e. The van der Waals surface area contributed by atoms with E-state index in [1.807, 2.05) is 50.6 Å². The van der Waals surface area contributed by atoms with Gasteiger partial charge in [0.05, 0.1) is 5.69 Å². The summed E-state index contributed by atoms with van der Waals surface area (Å²) in [5.74, 6) is 0.532. The number of aryl methyl sites for hydroxylation is 2. The number of carbonyl (C=O) groups is 1. The first-order chi connectivity index (χ1) is 12.1. The van der Waals surface area contributed by atoms with Crippen molar-refractivity contribution in [2.75, 3.05) is 18.5 Å². The van der Waals surface area contributed by atoms with Gasteiger partial charge in [-0.25, -0.2) is 0 Å². The molecule has 1 amide bonds. The number of nitrogens with two attached hydrogens (primary N) is 1. The first kappa shape index (κ1) is 16.8. The highest BCUT2D eigenvalue weighted by molar-refractivity contribution is 6.03. The van der Waals surface area contributed by atoms with Crippen molar-refractivity contribution in [3.63, 3.8) is 0 Å². The van der Waals surface area contributed by atoms with Gasteiger partial charge in [0.25, 0.3) is 5.91 Å². The number of rotatable bonds is 6. The van der Waals surface area contributed by atoms with Gasteiger partial charge in [0.1, 0.15) is 18.1 Å². The van der Waals surface area contributed by atoms with Gasteiger partial charge in [-0.3, -0.25) is 9.48 Å². The summed E-state index contributed by atoms with van der Waals surface area (Å²) < 4.78 is 9.26. The van der Waals surface area contributed by atoms with E-state index in [0.29, 0.717) is 30.3 Å². The zero-order valence-corrected chi connectivity index (χ0v) is 14.3. The van der Waals surface area contributed by atoms with E-state index in [4.69, 9.17) is 10.5 Å². The standard InChI is InChI=1S/C18H21N5O2/c1-22-10-3-4-16(22)18(24)21-13-5-6-17(25-11-8-19)14(12-13)15-7-9-20-23(15)2/h3-7,9-10,12H,8,11,19H2,1-2H3,(H,21,24). The van der Waals surface area contributed by atoms with Crippen molar-refractivity contribution in [3.05, 3.63) is 54.5 Å². The second-order valence-electron chi connectivity index (χ2n) is 5.65. The third-order valence-corrected chi connectivity index (χ3v) is 3.89.